The highest BCUT2D eigenvalue weighted by molar-refractivity contribution is 5.40. The van der Waals surface area contributed by atoms with E-state index in [1.807, 2.05) is 0 Å². The Labute approximate surface area is 113 Å². The van der Waals surface area contributed by atoms with E-state index in [0.29, 0.717) is 12.0 Å². The number of aryl methyl sites for hydroxylation is 3. The van der Waals surface area contributed by atoms with Crippen LogP contribution in [0.5, 0.6) is 0 Å². The van der Waals surface area contributed by atoms with Gasteiger partial charge in [0.25, 0.3) is 0 Å². The molecular weight excluding hydrogens is 218 g/mol. The van der Waals surface area contributed by atoms with E-state index in [4.69, 9.17) is 0 Å². The van der Waals surface area contributed by atoms with E-state index in [9.17, 15) is 0 Å². The Morgan fingerprint density at radius 2 is 1.61 bits per heavy atom. The van der Waals surface area contributed by atoms with E-state index in [1.54, 1.807) is 0 Å². The second-order valence-corrected chi connectivity index (χ2v) is 5.57. The van der Waals surface area contributed by atoms with Crippen LogP contribution in [0.3, 0.4) is 0 Å². The molecule has 0 bridgehead atoms. The summed E-state index contributed by atoms with van der Waals surface area (Å²) in [4.78, 5) is 0. The van der Waals surface area contributed by atoms with Crippen LogP contribution in [-0.4, -0.2) is 12.6 Å². The molecule has 1 heteroatoms. The minimum Gasteiger partial charge on any atom is -0.313 e. The molecule has 0 spiro atoms. The Morgan fingerprint density at radius 3 is 2.06 bits per heavy atom. The molecule has 2 unspecified atom stereocenters. The zero-order chi connectivity index (χ0) is 13.7. The van der Waals surface area contributed by atoms with Crippen molar-refractivity contribution in [3.05, 3.63) is 34.4 Å². The molecule has 102 valence electrons. The van der Waals surface area contributed by atoms with Gasteiger partial charge in [-0.1, -0.05) is 38.5 Å². The van der Waals surface area contributed by atoms with Crippen LogP contribution in [0.1, 0.15) is 61.8 Å². The molecule has 0 aliphatic rings. The number of hydrogen-bond donors (Lipinski definition) is 1. The summed E-state index contributed by atoms with van der Waals surface area (Å²) in [5.74, 6) is 0.585. The molecule has 0 heterocycles. The van der Waals surface area contributed by atoms with Gasteiger partial charge in [-0.2, -0.15) is 0 Å². The topological polar surface area (TPSA) is 12.0 Å². The number of rotatable bonds is 6. The Bertz CT molecular complexity index is 358. The van der Waals surface area contributed by atoms with Crippen molar-refractivity contribution in [3.63, 3.8) is 0 Å². The molecule has 0 aromatic heterocycles. The van der Waals surface area contributed by atoms with Crippen LogP contribution in [0.25, 0.3) is 0 Å². The average Bonchev–Trinajstić information content (AvgIpc) is 2.28. The van der Waals surface area contributed by atoms with Crippen LogP contribution in [0, 0.1) is 20.8 Å². The third kappa shape index (κ3) is 3.58. The summed E-state index contributed by atoms with van der Waals surface area (Å²) in [6.45, 7) is 14.7. The lowest BCUT2D eigenvalue weighted by Crippen LogP contribution is -2.34. The number of benzene rings is 1. The molecule has 1 aromatic rings. The fourth-order valence-corrected chi connectivity index (χ4v) is 3.12. The van der Waals surface area contributed by atoms with Gasteiger partial charge in [-0.3, -0.25) is 0 Å². The average molecular weight is 247 g/mol. The summed E-state index contributed by atoms with van der Waals surface area (Å²) in [6, 6.07) is 5.21. The molecule has 1 nitrogen and oxygen atoms in total. The van der Waals surface area contributed by atoms with Crippen molar-refractivity contribution in [2.75, 3.05) is 6.54 Å². The summed E-state index contributed by atoms with van der Waals surface area (Å²) >= 11 is 0. The van der Waals surface area contributed by atoms with E-state index >= 15 is 0 Å². The van der Waals surface area contributed by atoms with E-state index in [2.05, 4.69) is 59.0 Å². The molecule has 0 fully saturated rings. The first kappa shape index (κ1) is 15.2. The molecule has 0 aliphatic carbocycles. The largest absolute Gasteiger partial charge is 0.313 e. The van der Waals surface area contributed by atoms with Crippen LogP contribution in [0.4, 0.5) is 0 Å². The second-order valence-electron chi connectivity index (χ2n) is 5.57. The van der Waals surface area contributed by atoms with Gasteiger partial charge in [-0.15, -0.1) is 0 Å². The molecule has 0 saturated heterocycles. The molecule has 2 atom stereocenters. The highest BCUT2D eigenvalue weighted by Crippen LogP contribution is 2.28. The summed E-state index contributed by atoms with van der Waals surface area (Å²) < 4.78 is 0. The highest BCUT2D eigenvalue weighted by Gasteiger charge is 2.19. The normalized spacial score (nSPS) is 14.6. The number of nitrogens with one attached hydrogen (secondary N) is 1. The summed E-state index contributed by atoms with van der Waals surface area (Å²) in [5, 5.41) is 3.69. The molecule has 0 saturated carbocycles. The van der Waals surface area contributed by atoms with Gasteiger partial charge >= 0.3 is 0 Å². The molecular formula is C17H29N. The third-order valence-electron chi connectivity index (χ3n) is 3.89. The van der Waals surface area contributed by atoms with E-state index < -0.39 is 0 Å². The zero-order valence-electron chi connectivity index (χ0n) is 12.9. The zero-order valence-corrected chi connectivity index (χ0v) is 12.9. The molecule has 18 heavy (non-hydrogen) atoms. The minimum atomic E-state index is 0.585. The summed E-state index contributed by atoms with van der Waals surface area (Å²) in [6.07, 6.45) is 2.39. The molecule has 1 rings (SSSR count). The van der Waals surface area contributed by atoms with Gasteiger partial charge in [0.15, 0.2) is 0 Å². The smallest absolute Gasteiger partial charge is 0.0131 e. The third-order valence-corrected chi connectivity index (χ3v) is 3.89. The lowest BCUT2D eigenvalue weighted by atomic mass is 9.85. The highest BCUT2D eigenvalue weighted by atomic mass is 14.9. The maximum Gasteiger partial charge on any atom is 0.0131 e. The van der Waals surface area contributed by atoms with Crippen molar-refractivity contribution in [2.45, 2.75) is 66.3 Å². The lowest BCUT2D eigenvalue weighted by Gasteiger charge is -2.27. The lowest BCUT2D eigenvalue weighted by molar-refractivity contribution is 0.436. The van der Waals surface area contributed by atoms with E-state index in [1.165, 1.54) is 35.1 Å². The standard InChI is InChI=1S/C17H29N/c1-7-9-18-16(8-2)15(6)17-13(4)10-12(3)11-14(17)5/h10-11,15-16,18H,7-9H2,1-6H3. The van der Waals surface area contributed by atoms with Crippen molar-refractivity contribution >= 4 is 0 Å². The Kier molecular flexibility index (Phi) is 5.87. The van der Waals surface area contributed by atoms with Crippen molar-refractivity contribution in [2.24, 2.45) is 0 Å². The first-order valence-corrected chi connectivity index (χ1v) is 7.32. The van der Waals surface area contributed by atoms with Gasteiger partial charge in [-0.25, -0.2) is 0 Å². The monoisotopic (exact) mass is 247 g/mol. The van der Waals surface area contributed by atoms with Crippen LogP contribution >= 0.6 is 0 Å². The fraction of sp³-hybridized carbons (Fsp3) is 0.647. The molecule has 0 aliphatic heterocycles. The van der Waals surface area contributed by atoms with Gasteiger partial charge in [0.05, 0.1) is 0 Å². The Hall–Kier alpha value is -0.820. The van der Waals surface area contributed by atoms with Crippen molar-refractivity contribution in [1.29, 1.82) is 0 Å². The van der Waals surface area contributed by atoms with E-state index in [-0.39, 0.29) is 0 Å². The summed E-state index contributed by atoms with van der Waals surface area (Å²) in [5.41, 5.74) is 5.79. The molecule has 1 N–H and O–H groups in total. The van der Waals surface area contributed by atoms with Crippen LogP contribution in [0.15, 0.2) is 12.1 Å². The second kappa shape index (κ2) is 6.94. The predicted octanol–water partition coefficient (Wildman–Crippen LogP) is 4.49. The van der Waals surface area contributed by atoms with E-state index in [0.717, 1.165) is 6.54 Å². The molecule has 0 radical (unpaired) electrons. The molecule has 1 aromatic carbocycles. The number of hydrogen-bond acceptors (Lipinski definition) is 1. The van der Waals surface area contributed by atoms with Crippen LogP contribution < -0.4 is 5.32 Å². The van der Waals surface area contributed by atoms with Gasteiger partial charge < -0.3 is 5.32 Å². The maximum absolute atomic E-state index is 3.69. The van der Waals surface area contributed by atoms with Gasteiger partial charge in [0.2, 0.25) is 0 Å². The molecule has 0 amide bonds. The van der Waals surface area contributed by atoms with Crippen molar-refractivity contribution in [1.82, 2.24) is 5.32 Å². The SMILES string of the molecule is CCCNC(CC)C(C)c1c(C)cc(C)cc1C. The van der Waals surface area contributed by atoms with Crippen LogP contribution in [0.2, 0.25) is 0 Å². The Morgan fingerprint density at radius 1 is 1.06 bits per heavy atom. The van der Waals surface area contributed by atoms with Gasteiger partial charge in [-0.05, 0) is 62.8 Å². The maximum atomic E-state index is 3.69. The van der Waals surface area contributed by atoms with Crippen molar-refractivity contribution in [3.8, 4) is 0 Å². The minimum absolute atomic E-state index is 0.585. The predicted molar refractivity (Wildman–Crippen MR) is 81.4 cm³/mol. The first-order chi connectivity index (χ1) is 8.51. The Balaban J connectivity index is 2.97. The van der Waals surface area contributed by atoms with Gasteiger partial charge in [0.1, 0.15) is 0 Å². The van der Waals surface area contributed by atoms with Crippen molar-refractivity contribution < 1.29 is 0 Å². The fourth-order valence-electron chi connectivity index (χ4n) is 3.12. The first-order valence-electron chi connectivity index (χ1n) is 7.32. The quantitative estimate of drug-likeness (QED) is 0.781. The summed E-state index contributed by atoms with van der Waals surface area (Å²) in [7, 11) is 0. The van der Waals surface area contributed by atoms with Gasteiger partial charge in [0, 0.05) is 6.04 Å². The van der Waals surface area contributed by atoms with Crippen LogP contribution in [-0.2, 0) is 0 Å².